The molecule has 0 radical (unpaired) electrons. The number of alkyl halides is 1. The zero-order chi connectivity index (χ0) is 9.68. The lowest BCUT2D eigenvalue weighted by Gasteiger charge is -2.01. The maximum atomic E-state index is 11.5. The second-order valence-corrected chi connectivity index (χ2v) is 3.85. The fourth-order valence-corrected chi connectivity index (χ4v) is 1.21. The van der Waals surface area contributed by atoms with Crippen molar-refractivity contribution >= 4 is 17.4 Å². The van der Waals surface area contributed by atoms with Crippen LogP contribution in [0, 0.1) is 0 Å². The Morgan fingerprint density at radius 3 is 2.54 bits per heavy atom. The third-order valence-corrected chi connectivity index (χ3v) is 2.08. The number of Topliss-reactive ketones (excluding diaryl/α,β-unsaturated/α-hetero) is 1. The van der Waals surface area contributed by atoms with Crippen LogP contribution in [0.1, 0.15) is 30.1 Å². The molecule has 70 valence electrons. The van der Waals surface area contributed by atoms with Crippen molar-refractivity contribution in [3.63, 3.8) is 0 Å². The maximum absolute atomic E-state index is 11.5. The molecule has 0 aliphatic carbocycles. The fourth-order valence-electron chi connectivity index (χ4n) is 1.10. The Hall–Kier alpha value is -0.820. The molecule has 0 saturated heterocycles. The van der Waals surface area contributed by atoms with E-state index >= 15 is 0 Å². The van der Waals surface area contributed by atoms with Gasteiger partial charge in [0.25, 0.3) is 0 Å². The summed E-state index contributed by atoms with van der Waals surface area (Å²) in [6, 6.07) is 9.32. The Bertz CT molecular complexity index is 267. The minimum absolute atomic E-state index is 0.0765. The third-order valence-electron chi connectivity index (χ3n) is 1.86. The van der Waals surface area contributed by atoms with Crippen molar-refractivity contribution in [3.05, 3.63) is 35.9 Å². The number of hydrogen-bond acceptors (Lipinski definition) is 1. The zero-order valence-corrected chi connectivity index (χ0v) is 8.42. The van der Waals surface area contributed by atoms with Crippen LogP contribution in [0.25, 0.3) is 0 Å². The molecule has 0 N–H and O–H groups in total. The molecule has 1 rings (SSSR count). The molecule has 0 aromatic heterocycles. The zero-order valence-electron chi connectivity index (χ0n) is 7.66. The first-order valence-electron chi connectivity index (χ1n) is 4.42. The number of ketones is 1. The molecule has 0 spiro atoms. The van der Waals surface area contributed by atoms with Gasteiger partial charge >= 0.3 is 0 Å². The van der Waals surface area contributed by atoms with Gasteiger partial charge in [-0.2, -0.15) is 0 Å². The van der Waals surface area contributed by atoms with Crippen molar-refractivity contribution < 1.29 is 4.79 Å². The minimum Gasteiger partial charge on any atom is -0.294 e. The van der Waals surface area contributed by atoms with E-state index in [1.54, 1.807) is 0 Å². The molecular weight excluding hydrogens is 184 g/mol. The molecule has 0 aliphatic heterocycles. The van der Waals surface area contributed by atoms with Gasteiger partial charge < -0.3 is 0 Å². The molecule has 0 amide bonds. The van der Waals surface area contributed by atoms with Crippen LogP contribution in [0.2, 0.25) is 0 Å². The van der Waals surface area contributed by atoms with Gasteiger partial charge in [-0.05, 0) is 13.3 Å². The summed E-state index contributed by atoms with van der Waals surface area (Å²) in [5, 5.41) is 0.0765. The first-order valence-corrected chi connectivity index (χ1v) is 4.86. The number of carbonyl (C=O) groups excluding carboxylic acids is 1. The molecule has 0 heterocycles. The average Bonchev–Trinajstić information content (AvgIpc) is 2.15. The average molecular weight is 197 g/mol. The minimum atomic E-state index is 0.0765. The number of carbonyl (C=O) groups is 1. The summed E-state index contributed by atoms with van der Waals surface area (Å²) >= 11 is 5.76. The topological polar surface area (TPSA) is 17.1 Å². The van der Waals surface area contributed by atoms with E-state index in [9.17, 15) is 4.79 Å². The monoisotopic (exact) mass is 196 g/mol. The van der Waals surface area contributed by atoms with Gasteiger partial charge in [-0.25, -0.2) is 0 Å². The van der Waals surface area contributed by atoms with Gasteiger partial charge in [-0.3, -0.25) is 4.79 Å². The molecule has 13 heavy (non-hydrogen) atoms. The van der Waals surface area contributed by atoms with E-state index in [1.165, 1.54) is 0 Å². The predicted molar refractivity (Wildman–Crippen MR) is 55.3 cm³/mol. The summed E-state index contributed by atoms with van der Waals surface area (Å²) in [5.74, 6) is 0.174. The van der Waals surface area contributed by atoms with Gasteiger partial charge in [0.15, 0.2) is 5.78 Å². The first-order chi connectivity index (χ1) is 6.20. The number of halogens is 1. The summed E-state index contributed by atoms with van der Waals surface area (Å²) in [5.41, 5.74) is 0.778. The molecule has 0 bridgehead atoms. The SMILES string of the molecule is C[C@@H](Cl)CCC(=O)c1ccccc1. The van der Waals surface area contributed by atoms with Gasteiger partial charge in [0.1, 0.15) is 0 Å². The van der Waals surface area contributed by atoms with Crippen molar-refractivity contribution in [2.75, 3.05) is 0 Å². The second kappa shape index (κ2) is 5.03. The van der Waals surface area contributed by atoms with Crippen LogP contribution in [-0.2, 0) is 0 Å². The molecule has 0 aliphatic rings. The van der Waals surface area contributed by atoms with Gasteiger partial charge in [-0.15, -0.1) is 11.6 Å². The van der Waals surface area contributed by atoms with Crippen LogP contribution in [0.15, 0.2) is 30.3 Å². The Morgan fingerprint density at radius 1 is 1.38 bits per heavy atom. The van der Waals surface area contributed by atoms with E-state index in [4.69, 9.17) is 11.6 Å². The predicted octanol–water partition coefficient (Wildman–Crippen LogP) is 3.28. The molecular formula is C11H13ClO. The van der Waals surface area contributed by atoms with Crippen LogP contribution in [-0.4, -0.2) is 11.2 Å². The Labute approximate surface area is 83.7 Å². The highest BCUT2D eigenvalue weighted by molar-refractivity contribution is 6.20. The normalized spacial score (nSPS) is 12.5. The summed E-state index contributed by atoms with van der Waals surface area (Å²) in [6.45, 7) is 1.90. The van der Waals surface area contributed by atoms with E-state index in [0.717, 1.165) is 12.0 Å². The number of rotatable bonds is 4. The lowest BCUT2D eigenvalue weighted by molar-refractivity contribution is 0.0980. The highest BCUT2D eigenvalue weighted by Gasteiger charge is 2.06. The highest BCUT2D eigenvalue weighted by Crippen LogP contribution is 2.09. The molecule has 1 atom stereocenters. The van der Waals surface area contributed by atoms with Crippen LogP contribution < -0.4 is 0 Å². The molecule has 0 fully saturated rings. The van der Waals surface area contributed by atoms with E-state index in [2.05, 4.69) is 0 Å². The van der Waals surface area contributed by atoms with Gasteiger partial charge in [0.2, 0.25) is 0 Å². The van der Waals surface area contributed by atoms with Crippen LogP contribution >= 0.6 is 11.6 Å². The lowest BCUT2D eigenvalue weighted by atomic mass is 10.1. The van der Waals surface area contributed by atoms with Gasteiger partial charge in [0.05, 0.1) is 0 Å². The third kappa shape index (κ3) is 3.60. The highest BCUT2D eigenvalue weighted by atomic mass is 35.5. The fraction of sp³-hybridized carbons (Fsp3) is 0.364. The first kappa shape index (κ1) is 10.3. The Morgan fingerprint density at radius 2 is 2.00 bits per heavy atom. The second-order valence-electron chi connectivity index (χ2n) is 3.11. The molecule has 2 heteroatoms. The van der Waals surface area contributed by atoms with Crippen molar-refractivity contribution in [2.24, 2.45) is 0 Å². The quantitative estimate of drug-likeness (QED) is 0.534. The van der Waals surface area contributed by atoms with E-state index in [-0.39, 0.29) is 11.2 Å². The Balaban J connectivity index is 2.50. The van der Waals surface area contributed by atoms with Crippen LogP contribution in [0.4, 0.5) is 0 Å². The van der Waals surface area contributed by atoms with E-state index in [0.29, 0.717) is 6.42 Å². The summed E-state index contributed by atoms with van der Waals surface area (Å²) in [7, 11) is 0. The van der Waals surface area contributed by atoms with Crippen molar-refractivity contribution in [1.82, 2.24) is 0 Å². The van der Waals surface area contributed by atoms with Gasteiger partial charge in [0, 0.05) is 17.4 Å². The van der Waals surface area contributed by atoms with Crippen LogP contribution in [0.3, 0.4) is 0 Å². The Kier molecular flexibility index (Phi) is 3.97. The van der Waals surface area contributed by atoms with Crippen molar-refractivity contribution in [1.29, 1.82) is 0 Å². The number of hydrogen-bond donors (Lipinski definition) is 0. The molecule has 1 aromatic carbocycles. The van der Waals surface area contributed by atoms with Gasteiger partial charge in [-0.1, -0.05) is 30.3 Å². The molecule has 0 unspecified atom stereocenters. The number of benzene rings is 1. The lowest BCUT2D eigenvalue weighted by Crippen LogP contribution is -2.01. The maximum Gasteiger partial charge on any atom is 0.162 e. The van der Waals surface area contributed by atoms with E-state index < -0.39 is 0 Å². The van der Waals surface area contributed by atoms with Crippen LogP contribution in [0.5, 0.6) is 0 Å². The van der Waals surface area contributed by atoms with Crippen molar-refractivity contribution in [2.45, 2.75) is 25.1 Å². The van der Waals surface area contributed by atoms with Crippen molar-refractivity contribution in [3.8, 4) is 0 Å². The summed E-state index contributed by atoms with van der Waals surface area (Å²) in [6.07, 6.45) is 1.28. The molecule has 1 nitrogen and oxygen atoms in total. The molecule has 1 aromatic rings. The van der Waals surface area contributed by atoms with E-state index in [1.807, 2.05) is 37.3 Å². The smallest absolute Gasteiger partial charge is 0.162 e. The summed E-state index contributed by atoms with van der Waals surface area (Å²) in [4.78, 5) is 11.5. The largest absolute Gasteiger partial charge is 0.294 e. The summed E-state index contributed by atoms with van der Waals surface area (Å²) < 4.78 is 0. The molecule has 0 saturated carbocycles. The standard InChI is InChI=1S/C11H13ClO/c1-9(12)7-8-11(13)10-5-3-2-4-6-10/h2-6,9H,7-8H2,1H3/t9-/m1/s1.